The molecule has 1 atom stereocenters. The van der Waals surface area contributed by atoms with E-state index in [-0.39, 0.29) is 5.41 Å². The third-order valence-corrected chi connectivity index (χ3v) is 9.48. The van der Waals surface area contributed by atoms with Gasteiger partial charge in [0.05, 0.1) is 0 Å². The lowest BCUT2D eigenvalue weighted by Crippen LogP contribution is -2.30. The standard InChI is InChI=1S/C35H48BrP/c36-37-28-20-9-7-5-3-1-2-4-6-8-19-27-35(29-32-21-13-10-14-22-32,30-33-23-15-11-16-24-33)31-34-25-17-12-18-26-34/h10-18,21-26,37H,1-9,19-20,27-31H2. The lowest BCUT2D eigenvalue weighted by atomic mass is 9.69. The van der Waals surface area contributed by atoms with Crippen molar-refractivity contribution in [3.05, 3.63) is 108 Å². The fourth-order valence-corrected chi connectivity index (χ4v) is 7.05. The Hall–Kier alpha value is -1.43. The zero-order chi connectivity index (χ0) is 25.9. The summed E-state index contributed by atoms with van der Waals surface area (Å²) in [6.45, 7) is 0. The summed E-state index contributed by atoms with van der Waals surface area (Å²) in [5.41, 5.74) is 4.67. The first-order valence-electron chi connectivity index (χ1n) is 14.7. The van der Waals surface area contributed by atoms with Crippen molar-refractivity contribution in [1.29, 1.82) is 0 Å². The van der Waals surface area contributed by atoms with Gasteiger partial charge in [-0.3, -0.25) is 0 Å². The van der Waals surface area contributed by atoms with Crippen molar-refractivity contribution in [2.24, 2.45) is 5.41 Å². The Morgan fingerprint density at radius 2 is 0.757 bits per heavy atom. The zero-order valence-electron chi connectivity index (χ0n) is 22.9. The topological polar surface area (TPSA) is 0 Å². The monoisotopic (exact) mass is 578 g/mol. The van der Waals surface area contributed by atoms with Crippen molar-refractivity contribution in [2.75, 3.05) is 6.16 Å². The number of unbranched alkanes of at least 4 members (excludes halogenated alkanes) is 10. The summed E-state index contributed by atoms with van der Waals surface area (Å²) in [5, 5.41) is 0. The molecule has 0 heterocycles. The first kappa shape index (κ1) is 30.1. The summed E-state index contributed by atoms with van der Waals surface area (Å²) in [4.78, 5) is 0. The summed E-state index contributed by atoms with van der Waals surface area (Å²) >= 11 is 3.56. The quantitative estimate of drug-likeness (QED) is 0.0923. The average molecular weight is 580 g/mol. The molecule has 3 rings (SSSR count). The largest absolute Gasteiger partial charge is 0.0642 e. The molecule has 0 saturated carbocycles. The minimum atomic E-state index is 0.249. The minimum absolute atomic E-state index is 0.249. The Balaban J connectivity index is 1.52. The predicted molar refractivity (Wildman–Crippen MR) is 170 cm³/mol. The molecule has 0 aromatic heterocycles. The molecule has 0 aliphatic heterocycles. The second-order valence-corrected chi connectivity index (χ2v) is 13.5. The molecule has 0 fully saturated rings. The first-order chi connectivity index (χ1) is 18.3. The van der Waals surface area contributed by atoms with Crippen LogP contribution in [0, 0.1) is 5.41 Å². The van der Waals surface area contributed by atoms with E-state index in [4.69, 9.17) is 0 Å². The van der Waals surface area contributed by atoms with Crippen molar-refractivity contribution >= 4 is 22.8 Å². The number of hydrogen-bond acceptors (Lipinski definition) is 0. The van der Waals surface area contributed by atoms with Gasteiger partial charge in [-0.2, -0.15) is 0 Å². The summed E-state index contributed by atoms with van der Waals surface area (Å²) in [5.74, 6) is 0. The van der Waals surface area contributed by atoms with Gasteiger partial charge < -0.3 is 0 Å². The summed E-state index contributed by atoms with van der Waals surface area (Å²) in [6.07, 6.45) is 21.6. The molecule has 2 heteroatoms. The molecule has 0 aliphatic carbocycles. The molecular weight excluding hydrogens is 531 g/mol. The second kappa shape index (κ2) is 18.8. The van der Waals surface area contributed by atoms with Gasteiger partial charge in [-0.15, -0.1) is 0 Å². The van der Waals surface area contributed by atoms with Crippen molar-refractivity contribution in [3.63, 3.8) is 0 Å². The molecule has 3 aromatic rings. The average Bonchev–Trinajstić information content (AvgIpc) is 2.93. The van der Waals surface area contributed by atoms with Crippen molar-refractivity contribution in [2.45, 2.75) is 96.3 Å². The Labute approximate surface area is 237 Å². The molecule has 3 aromatic carbocycles. The molecule has 0 aliphatic rings. The Morgan fingerprint density at radius 3 is 1.11 bits per heavy atom. The Morgan fingerprint density at radius 1 is 0.432 bits per heavy atom. The van der Waals surface area contributed by atoms with Crippen LogP contribution in [0.2, 0.25) is 0 Å². The predicted octanol–water partition coefficient (Wildman–Crippen LogP) is 11.4. The molecule has 0 spiro atoms. The van der Waals surface area contributed by atoms with E-state index in [1.807, 2.05) is 0 Å². The number of hydrogen-bond donors (Lipinski definition) is 0. The van der Waals surface area contributed by atoms with Crippen LogP contribution in [0.1, 0.15) is 93.7 Å². The minimum Gasteiger partial charge on any atom is -0.0642 e. The Kier molecular flexibility index (Phi) is 15.3. The molecule has 0 saturated heterocycles. The van der Waals surface area contributed by atoms with E-state index >= 15 is 0 Å². The molecule has 200 valence electrons. The van der Waals surface area contributed by atoms with Crippen LogP contribution in [0.4, 0.5) is 0 Å². The van der Waals surface area contributed by atoms with Crippen molar-refractivity contribution in [1.82, 2.24) is 0 Å². The van der Waals surface area contributed by atoms with Crippen LogP contribution in [0.15, 0.2) is 91.0 Å². The van der Waals surface area contributed by atoms with Crippen LogP contribution in [0.5, 0.6) is 0 Å². The van der Waals surface area contributed by atoms with Gasteiger partial charge in [0.2, 0.25) is 0 Å². The van der Waals surface area contributed by atoms with Crippen LogP contribution in [-0.2, 0) is 19.3 Å². The maximum Gasteiger partial charge on any atom is -0.0176 e. The highest BCUT2D eigenvalue weighted by Crippen LogP contribution is 2.37. The molecule has 37 heavy (non-hydrogen) atoms. The van der Waals surface area contributed by atoms with Gasteiger partial charge in [-0.1, -0.05) is 178 Å². The summed E-state index contributed by atoms with van der Waals surface area (Å²) < 4.78 is 0. The number of halogens is 1. The maximum atomic E-state index is 3.56. The van der Waals surface area contributed by atoms with E-state index < -0.39 is 0 Å². The van der Waals surface area contributed by atoms with Crippen molar-refractivity contribution < 1.29 is 0 Å². The SMILES string of the molecule is BrPCCCCCCCCCCCCCC(Cc1ccccc1)(Cc1ccccc1)Cc1ccccc1. The highest BCUT2D eigenvalue weighted by Gasteiger charge is 2.30. The van der Waals surface area contributed by atoms with Crippen LogP contribution in [0.3, 0.4) is 0 Å². The highest BCUT2D eigenvalue weighted by molar-refractivity contribution is 9.36. The van der Waals surface area contributed by atoms with Gasteiger partial charge in [-0.25, -0.2) is 0 Å². The van der Waals surface area contributed by atoms with Gasteiger partial charge in [-0.05, 0) is 60.4 Å². The number of rotatable bonds is 20. The fourth-order valence-electron chi connectivity index (χ4n) is 5.82. The Bertz CT molecular complexity index is 824. The van der Waals surface area contributed by atoms with E-state index in [0.717, 1.165) is 26.5 Å². The third kappa shape index (κ3) is 12.8. The molecular formula is C35H48BrP. The summed E-state index contributed by atoms with van der Waals surface area (Å²) in [6, 6.07) is 33.6. The first-order valence-corrected chi connectivity index (χ1v) is 18.2. The lowest BCUT2D eigenvalue weighted by Gasteiger charge is -2.35. The van der Waals surface area contributed by atoms with Crippen LogP contribution in [0.25, 0.3) is 0 Å². The normalized spacial score (nSPS) is 11.9. The zero-order valence-corrected chi connectivity index (χ0v) is 25.4. The van der Waals surface area contributed by atoms with Gasteiger partial charge in [0, 0.05) is 0 Å². The van der Waals surface area contributed by atoms with E-state index in [2.05, 4.69) is 106 Å². The van der Waals surface area contributed by atoms with E-state index in [1.165, 1.54) is 99.9 Å². The van der Waals surface area contributed by atoms with Crippen LogP contribution >= 0.6 is 22.8 Å². The molecule has 0 nitrogen and oxygen atoms in total. The van der Waals surface area contributed by atoms with Gasteiger partial charge in [0.15, 0.2) is 0 Å². The molecule has 1 unspecified atom stereocenters. The van der Waals surface area contributed by atoms with Crippen molar-refractivity contribution in [3.8, 4) is 0 Å². The fraction of sp³-hybridized carbons (Fsp3) is 0.486. The summed E-state index contributed by atoms with van der Waals surface area (Å²) in [7, 11) is 0.955. The molecule has 0 amide bonds. The smallest absolute Gasteiger partial charge is 0.0176 e. The van der Waals surface area contributed by atoms with Gasteiger partial charge in [0.1, 0.15) is 0 Å². The van der Waals surface area contributed by atoms with Crippen LogP contribution in [-0.4, -0.2) is 6.16 Å². The van der Waals surface area contributed by atoms with Gasteiger partial charge in [0.25, 0.3) is 0 Å². The van der Waals surface area contributed by atoms with Gasteiger partial charge >= 0.3 is 0 Å². The second-order valence-electron chi connectivity index (χ2n) is 11.0. The van der Waals surface area contributed by atoms with E-state index in [0.29, 0.717) is 0 Å². The molecule has 0 N–H and O–H groups in total. The van der Waals surface area contributed by atoms with Crippen LogP contribution < -0.4 is 0 Å². The van der Waals surface area contributed by atoms with E-state index in [1.54, 1.807) is 0 Å². The lowest BCUT2D eigenvalue weighted by molar-refractivity contribution is 0.243. The van der Waals surface area contributed by atoms with E-state index in [9.17, 15) is 0 Å². The number of benzene rings is 3. The highest BCUT2D eigenvalue weighted by atomic mass is 79.9. The third-order valence-electron chi connectivity index (χ3n) is 7.74. The molecule has 0 radical (unpaired) electrons. The maximum absolute atomic E-state index is 3.56. The molecule has 0 bridgehead atoms.